The number of aromatic nitrogens is 1. The monoisotopic (exact) mass is 381 g/mol. The fraction of sp³-hybridized carbons (Fsp3) is 0.250. The molecule has 0 bridgehead atoms. The standard InChI is InChI=1S/C20H19N3O3S/c1-26-14-7-4-6-12-11(14)9-10-22-17(12)19(25)23-20-16(18(21)24)13-5-2-3-8-15(13)27-20/h4,6-7,9-10H,2-3,5,8H2,1H3,(H2,21,24)(H,23,25). The number of nitrogens with one attached hydrogen (secondary N) is 1. The van der Waals surface area contributed by atoms with E-state index in [4.69, 9.17) is 10.5 Å². The molecule has 4 rings (SSSR count). The molecule has 0 unspecified atom stereocenters. The largest absolute Gasteiger partial charge is 0.496 e. The summed E-state index contributed by atoms with van der Waals surface area (Å²) in [6.07, 6.45) is 5.43. The van der Waals surface area contributed by atoms with Gasteiger partial charge in [-0.05, 0) is 43.4 Å². The lowest BCUT2D eigenvalue weighted by Crippen LogP contribution is -2.19. The Morgan fingerprint density at radius 2 is 2.00 bits per heavy atom. The van der Waals surface area contributed by atoms with Crippen LogP contribution in [0.3, 0.4) is 0 Å². The molecular weight excluding hydrogens is 362 g/mol. The highest BCUT2D eigenvalue weighted by Gasteiger charge is 2.26. The molecule has 27 heavy (non-hydrogen) atoms. The van der Waals surface area contributed by atoms with Crippen LogP contribution in [0.15, 0.2) is 30.5 Å². The minimum absolute atomic E-state index is 0.285. The van der Waals surface area contributed by atoms with Gasteiger partial charge in [0.15, 0.2) is 0 Å². The number of hydrogen-bond acceptors (Lipinski definition) is 5. The average molecular weight is 381 g/mol. The molecule has 138 valence electrons. The van der Waals surface area contributed by atoms with E-state index in [0.29, 0.717) is 21.7 Å². The molecule has 6 nitrogen and oxygen atoms in total. The molecule has 3 N–H and O–H groups in total. The average Bonchev–Trinajstić information content (AvgIpc) is 3.04. The first-order valence-electron chi connectivity index (χ1n) is 8.77. The molecule has 0 radical (unpaired) electrons. The van der Waals surface area contributed by atoms with Gasteiger partial charge >= 0.3 is 0 Å². The first-order valence-corrected chi connectivity index (χ1v) is 9.59. The number of nitrogens with zero attached hydrogens (tertiary/aromatic N) is 1. The minimum atomic E-state index is -0.503. The normalized spacial score (nSPS) is 13.2. The van der Waals surface area contributed by atoms with E-state index in [9.17, 15) is 9.59 Å². The van der Waals surface area contributed by atoms with Crippen molar-refractivity contribution in [1.29, 1.82) is 0 Å². The van der Waals surface area contributed by atoms with Crippen LogP contribution in [-0.2, 0) is 12.8 Å². The second-order valence-electron chi connectivity index (χ2n) is 6.45. The Hall–Kier alpha value is -2.93. The third kappa shape index (κ3) is 3.04. The number of anilines is 1. The lowest BCUT2D eigenvalue weighted by Gasteiger charge is -2.11. The molecule has 2 amide bonds. The highest BCUT2D eigenvalue weighted by atomic mass is 32.1. The number of nitrogens with two attached hydrogens (primary N) is 1. The third-order valence-corrected chi connectivity index (χ3v) is 6.05. The number of carbonyl (C=O) groups excluding carboxylic acids is 2. The number of thiophene rings is 1. The van der Waals surface area contributed by atoms with E-state index in [0.717, 1.165) is 41.5 Å². The number of aryl methyl sites for hydroxylation is 1. The first kappa shape index (κ1) is 17.5. The van der Waals surface area contributed by atoms with E-state index in [-0.39, 0.29) is 11.6 Å². The van der Waals surface area contributed by atoms with Gasteiger partial charge in [-0.2, -0.15) is 0 Å². The van der Waals surface area contributed by atoms with E-state index in [1.807, 2.05) is 24.3 Å². The summed E-state index contributed by atoms with van der Waals surface area (Å²) in [5.41, 5.74) is 7.33. The van der Waals surface area contributed by atoms with E-state index in [2.05, 4.69) is 10.3 Å². The van der Waals surface area contributed by atoms with Crippen molar-refractivity contribution in [3.8, 4) is 5.75 Å². The van der Waals surface area contributed by atoms with E-state index in [1.54, 1.807) is 13.3 Å². The molecule has 1 aliphatic carbocycles. The van der Waals surface area contributed by atoms with Gasteiger partial charge < -0.3 is 15.8 Å². The van der Waals surface area contributed by atoms with Crippen LogP contribution < -0.4 is 15.8 Å². The van der Waals surface area contributed by atoms with Gasteiger partial charge in [-0.1, -0.05) is 12.1 Å². The van der Waals surface area contributed by atoms with Crippen LogP contribution in [0.5, 0.6) is 5.75 Å². The molecule has 0 atom stereocenters. The molecule has 1 aliphatic rings. The number of carbonyl (C=O) groups is 2. The number of pyridine rings is 1. The molecule has 0 saturated carbocycles. The summed E-state index contributed by atoms with van der Waals surface area (Å²) in [6, 6.07) is 7.29. The van der Waals surface area contributed by atoms with Gasteiger partial charge in [-0.3, -0.25) is 14.6 Å². The van der Waals surface area contributed by atoms with E-state index < -0.39 is 5.91 Å². The molecule has 0 aliphatic heterocycles. The lowest BCUT2D eigenvalue weighted by atomic mass is 9.95. The highest BCUT2D eigenvalue weighted by Crippen LogP contribution is 2.38. The third-order valence-electron chi connectivity index (χ3n) is 4.85. The number of hydrogen-bond donors (Lipinski definition) is 2. The number of methoxy groups -OCH3 is 1. The van der Waals surface area contributed by atoms with Crippen LogP contribution >= 0.6 is 11.3 Å². The van der Waals surface area contributed by atoms with Crippen LogP contribution in [0.1, 0.15) is 44.1 Å². The number of fused-ring (bicyclic) bond motifs is 2. The number of ether oxygens (including phenoxy) is 1. The Bertz CT molecular complexity index is 1060. The van der Waals surface area contributed by atoms with Gasteiger partial charge in [0.2, 0.25) is 0 Å². The Morgan fingerprint density at radius 3 is 2.78 bits per heavy atom. The van der Waals surface area contributed by atoms with Crippen LogP contribution in [0.25, 0.3) is 10.8 Å². The molecule has 2 heterocycles. The van der Waals surface area contributed by atoms with E-state index in [1.165, 1.54) is 11.3 Å². The van der Waals surface area contributed by atoms with Crippen molar-refractivity contribution >= 4 is 38.9 Å². The number of amides is 2. The zero-order valence-electron chi connectivity index (χ0n) is 14.9. The van der Waals surface area contributed by atoms with Crippen molar-refractivity contribution in [2.45, 2.75) is 25.7 Å². The van der Waals surface area contributed by atoms with Crippen molar-refractivity contribution in [2.24, 2.45) is 5.73 Å². The molecule has 3 aromatic rings. The summed E-state index contributed by atoms with van der Waals surface area (Å²) in [5.74, 6) is -0.194. The SMILES string of the molecule is COc1cccc2c(C(=O)Nc3sc4c(c3C(N)=O)CCCC4)nccc12. The molecule has 7 heteroatoms. The maximum Gasteiger partial charge on any atom is 0.275 e. The molecule has 1 aromatic carbocycles. The summed E-state index contributed by atoms with van der Waals surface area (Å²) < 4.78 is 5.37. The van der Waals surface area contributed by atoms with Crippen molar-refractivity contribution in [3.63, 3.8) is 0 Å². The summed E-state index contributed by atoms with van der Waals surface area (Å²) in [7, 11) is 1.59. The Kier molecular flexibility index (Phi) is 4.53. The van der Waals surface area contributed by atoms with Crippen LogP contribution in [-0.4, -0.2) is 23.9 Å². The van der Waals surface area contributed by atoms with Crippen molar-refractivity contribution in [1.82, 2.24) is 4.98 Å². The van der Waals surface area contributed by atoms with Crippen LogP contribution in [0.2, 0.25) is 0 Å². The van der Waals surface area contributed by atoms with Gasteiger partial charge in [0.05, 0.1) is 12.7 Å². The van der Waals surface area contributed by atoms with Gasteiger partial charge in [0, 0.05) is 21.8 Å². The maximum absolute atomic E-state index is 13.0. The minimum Gasteiger partial charge on any atom is -0.496 e. The summed E-state index contributed by atoms with van der Waals surface area (Å²) in [4.78, 5) is 30.4. The quantitative estimate of drug-likeness (QED) is 0.723. The maximum atomic E-state index is 13.0. The molecule has 0 fully saturated rings. The van der Waals surface area contributed by atoms with Gasteiger partial charge in [0.25, 0.3) is 11.8 Å². The van der Waals surface area contributed by atoms with Crippen molar-refractivity contribution in [2.75, 3.05) is 12.4 Å². The van der Waals surface area contributed by atoms with Gasteiger partial charge in [-0.25, -0.2) is 0 Å². The zero-order valence-corrected chi connectivity index (χ0v) is 15.7. The Labute approximate surface area is 160 Å². The second-order valence-corrected chi connectivity index (χ2v) is 7.55. The van der Waals surface area contributed by atoms with Crippen molar-refractivity contribution in [3.05, 3.63) is 52.2 Å². The Balaban J connectivity index is 1.75. The van der Waals surface area contributed by atoms with Gasteiger partial charge in [-0.15, -0.1) is 11.3 Å². The van der Waals surface area contributed by atoms with Crippen LogP contribution in [0, 0.1) is 0 Å². The zero-order chi connectivity index (χ0) is 19.0. The number of primary amides is 1. The number of benzene rings is 1. The predicted molar refractivity (Wildman–Crippen MR) is 106 cm³/mol. The van der Waals surface area contributed by atoms with Gasteiger partial charge in [0.1, 0.15) is 16.4 Å². The fourth-order valence-electron chi connectivity index (χ4n) is 3.61. The summed E-state index contributed by atoms with van der Waals surface area (Å²) >= 11 is 1.44. The smallest absolute Gasteiger partial charge is 0.275 e. The fourth-order valence-corrected chi connectivity index (χ4v) is 4.90. The molecule has 2 aromatic heterocycles. The topological polar surface area (TPSA) is 94.3 Å². The number of rotatable bonds is 4. The molecular formula is C20H19N3O3S. The van der Waals surface area contributed by atoms with Crippen molar-refractivity contribution < 1.29 is 14.3 Å². The predicted octanol–water partition coefficient (Wildman–Crippen LogP) is 3.53. The second kappa shape index (κ2) is 7.00. The summed E-state index contributed by atoms with van der Waals surface area (Å²) in [5, 5.41) is 4.88. The summed E-state index contributed by atoms with van der Waals surface area (Å²) in [6.45, 7) is 0. The van der Waals surface area contributed by atoms with E-state index >= 15 is 0 Å². The first-order chi connectivity index (χ1) is 13.1. The Morgan fingerprint density at radius 1 is 1.19 bits per heavy atom. The molecule has 0 saturated heterocycles. The molecule has 0 spiro atoms. The lowest BCUT2D eigenvalue weighted by molar-refractivity contribution is 0.100. The van der Waals surface area contributed by atoms with Crippen LogP contribution in [0.4, 0.5) is 5.00 Å². The highest BCUT2D eigenvalue weighted by molar-refractivity contribution is 7.17.